The first-order chi connectivity index (χ1) is 6.18. The van der Waals surface area contributed by atoms with Crippen LogP contribution in [0.5, 0.6) is 0 Å². The van der Waals surface area contributed by atoms with E-state index in [-0.39, 0.29) is 0 Å². The third kappa shape index (κ3) is 2.06. The molecule has 0 amide bonds. The van der Waals surface area contributed by atoms with E-state index >= 15 is 0 Å². The minimum absolute atomic E-state index is 0.408. The average molecular weight is 285 g/mol. The zero-order valence-corrected chi connectivity index (χ0v) is 10.0. The summed E-state index contributed by atoms with van der Waals surface area (Å²) < 4.78 is 1.35. The summed E-state index contributed by atoms with van der Waals surface area (Å²) in [6, 6.07) is 6.84. The van der Waals surface area contributed by atoms with E-state index in [1.54, 1.807) is 0 Å². The predicted octanol–water partition coefficient (Wildman–Crippen LogP) is 4.11. The first kappa shape index (κ1) is 9.50. The van der Waals surface area contributed by atoms with Gasteiger partial charge in [-0.2, -0.15) is 0 Å². The second-order valence-electron chi connectivity index (χ2n) is 3.96. The Hall–Kier alpha value is -0.0500. The van der Waals surface area contributed by atoms with Gasteiger partial charge in [0.1, 0.15) is 0 Å². The van der Waals surface area contributed by atoms with Gasteiger partial charge in [-0.3, -0.25) is 0 Å². The Balaban J connectivity index is 2.36. The van der Waals surface area contributed by atoms with E-state index in [4.69, 9.17) is 0 Å². The fraction of sp³-hybridized carbons (Fsp3) is 0.417. The van der Waals surface area contributed by atoms with Gasteiger partial charge in [-0.05, 0) is 71.4 Å². The van der Waals surface area contributed by atoms with Crippen molar-refractivity contribution in [1.29, 1.82) is 0 Å². The normalized spacial score (nSPS) is 16.6. The molecule has 69 valence electrons. The van der Waals surface area contributed by atoms with Crippen molar-refractivity contribution in [2.75, 3.05) is 0 Å². The van der Waals surface area contributed by atoms with Crippen LogP contribution in [0.2, 0.25) is 0 Å². The lowest BCUT2D eigenvalue weighted by atomic mass is 9.99. The molecule has 1 aromatic carbocycles. The van der Waals surface area contributed by atoms with Gasteiger partial charge < -0.3 is 0 Å². The summed E-state index contributed by atoms with van der Waals surface area (Å²) in [5, 5.41) is 0. The van der Waals surface area contributed by atoms with Crippen LogP contribution in [0, 0.1) is 10.5 Å². The molecule has 0 saturated heterocycles. The van der Waals surface area contributed by atoms with Gasteiger partial charge in [0.25, 0.3) is 0 Å². The summed E-state index contributed by atoms with van der Waals surface area (Å²) in [5.41, 5.74) is 2.93. The van der Waals surface area contributed by atoms with Crippen molar-refractivity contribution in [3.8, 4) is 0 Å². The Morgan fingerprint density at radius 1 is 1.46 bits per heavy atom. The average Bonchev–Trinajstić information content (AvgIpc) is 2.87. The lowest BCUT2D eigenvalue weighted by Crippen LogP contribution is -1.93. The van der Waals surface area contributed by atoms with Gasteiger partial charge in [0.05, 0.1) is 0 Å². The molecule has 1 radical (unpaired) electrons. The Morgan fingerprint density at radius 2 is 2.15 bits per heavy atom. The van der Waals surface area contributed by atoms with Crippen molar-refractivity contribution in [3.63, 3.8) is 0 Å². The highest BCUT2D eigenvalue weighted by molar-refractivity contribution is 14.1. The standard InChI is InChI=1S/C12H14I/c1-8(2)11-7-10(9-3-4-9)5-6-12(11)13/h5-9H,1,3-4H2,2H3. The molecule has 0 N–H and O–H groups in total. The molecule has 1 heteroatoms. The van der Waals surface area contributed by atoms with Gasteiger partial charge >= 0.3 is 0 Å². The van der Waals surface area contributed by atoms with Crippen LogP contribution >= 0.6 is 22.6 Å². The molecule has 0 heterocycles. The van der Waals surface area contributed by atoms with Gasteiger partial charge in [-0.1, -0.05) is 19.1 Å². The van der Waals surface area contributed by atoms with Crippen LogP contribution < -0.4 is 0 Å². The zero-order chi connectivity index (χ0) is 9.42. The van der Waals surface area contributed by atoms with Gasteiger partial charge in [-0.25, -0.2) is 0 Å². The lowest BCUT2D eigenvalue weighted by Gasteiger charge is -2.10. The quantitative estimate of drug-likeness (QED) is 0.717. The van der Waals surface area contributed by atoms with Crippen molar-refractivity contribution in [3.05, 3.63) is 39.8 Å². The maximum atomic E-state index is 4.09. The summed E-state index contributed by atoms with van der Waals surface area (Å²) in [4.78, 5) is 0. The second-order valence-corrected chi connectivity index (χ2v) is 5.12. The molecule has 1 saturated carbocycles. The Labute approximate surface area is 93.9 Å². The smallest absolute Gasteiger partial charge is 0.0165 e. The molecule has 2 rings (SSSR count). The van der Waals surface area contributed by atoms with Crippen molar-refractivity contribution in [2.24, 2.45) is 0 Å². The molecule has 1 fully saturated rings. The molecule has 1 aliphatic carbocycles. The fourth-order valence-corrected chi connectivity index (χ4v) is 2.48. The van der Waals surface area contributed by atoms with Crippen molar-refractivity contribution < 1.29 is 0 Å². The molecule has 13 heavy (non-hydrogen) atoms. The maximum absolute atomic E-state index is 4.09. The SMILES string of the molecule is [CH2]C(C)c1cc(C2CC2)ccc1I. The molecule has 0 spiro atoms. The number of hydrogen-bond donors (Lipinski definition) is 0. The summed E-state index contributed by atoms with van der Waals surface area (Å²) >= 11 is 2.40. The number of rotatable bonds is 2. The summed E-state index contributed by atoms with van der Waals surface area (Å²) in [7, 11) is 0. The minimum atomic E-state index is 0.408. The first-order valence-corrected chi connectivity index (χ1v) is 5.89. The first-order valence-electron chi connectivity index (χ1n) is 4.81. The molecule has 1 aromatic rings. The minimum Gasteiger partial charge on any atom is -0.0584 e. The highest BCUT2D eigenvalue weighted by atomic mass is 127. The third-order valence-electron chi connectivity index (χ3n) is 2.60. The van der Waals surface area contributed by atoms with Gasteiger partial charge in [0.2, 0.25) is 0 Å². The van der Waals surface area contributed by atoms with Crippen molar-refractivity contribution >= 4 is 22.6 Å². The largest absolute Gasteiger partial charge is 0.0584 e. The number of benzene rings is 1. The van der Waals surface area contributed by atoms with Crippen molar-refractivity contribution in [2.45, 2.75) is 31.6 Å². The topological polar surface area (TPSA) is 0 Å². The summed E-state index contributed by atoms with van der Waals surface area (Å²) in [6.07, 6.45) is 2.76. The van der Waals surface area contributed by atoms with E-state index in [9.17, 15) is 0 Å². The van der Waals surface area contributed by atoms with Crippen LogP contribution in [0.25, 0.3) is 0 Å². The van der Waals surface area contributed by atoms with Gasteiger partial charge in [0, 0.05) is 3.57 Å². The van der Waals surface area contributed by atoms with E-state index in [0.717, 1.165) is 5.92 Å². The van der Waals surface area contributed by atoms with Crippen LogP contribution in [0.4, 0.5) is 0 Å². The zero-order valence-electron chi connectivity index (χ0n) is 7.89. The molecule has 1 aliphatic rings. The Kier molecular flexibility index (Phi) is 2.63. The van der Waals surface area contributed by atoms with Gasteiger partial charge in [-0.15, -0.1) is 0 Å². The maximum Gasteiger partial charge on any atom is 0.0165 e. The molecular formula is C12H14I. The van der Waals surface area contributed by atoms with E-state index in [2.05, 4.69) is 54.6 Å². The second kappa shape index (κ2) is 3.60. The van der Waals surface area contributed by atoms with Crippen molar-refractivity contribution in [1.82, 2.24) is 0 Å². The predicted molar refractivity (Wildman–Crippen MR) is 64.9 cm³/mol. The van der Waals surface area contributed by atoms with Gasteiger partial charge in [0.15, 0.2) is 0 Å². The highest BCUT2D eigenvalue weighted by Crippen LogP contribution is 2.41. The third-order valence-corrected chi connectivity index (χ3v) is 3.58. The van der Waals surface area contributed by atoms with E-state index in [0.29, 0.717) is 5.92 Å². The Morgan fingerprint density at radius 3 is 2.69 bits per heavy atom. The number of hydrogen-bond acceptors (Lipinski definition) is 0. The van der Waals surface area contributed by atoms with Crippen LogP contribution in [-0.2, 0) is 0 Å². The lowest BCUT2D eigenvalue weighted by molar-refractivity contribution is 0.945. The highest BCUT2D eigenvalue weighted by Gasteiger charge is 2.24. The molecule has 0 aliphatic heterocycles. The monoisotopic (exact) mass is 285 g/mol. The molecule has 1 atom stereocenters. The van der Waals surface area contributed by atoms with Crippen LogP contribution in [0.1, 0.15) is 42.7 Å². The summed E-state index contributed by atoms with van der Waals surface area (Å²) in [6.45, 7) is 6.25. The summed E-state index contributed by atoms with van der Waals surface area (Å²) in [5.74, 6) is 1.26. The molecule has 1 unspecified atom stereocenters. The molecule has 0 aromatic heterocycles. The number of halogens is 1. The van der Waals surface area contributed by atoms with E-state index in [1.807, 2.05) is 0 Å². The fourth-order valence-electron chi connectivity index (χ4n) is 1.61. The molecule has 0 nitrogen and oxygen atoms in total. The van der Waals surface area contributed by atoms with Crippen LogP contribution in [-0.4, -0.2) is 0 Å². The molecule has 0 bridgehead atoms. The van der Waals surface area contributed by atoms with Crippen LogP contribution in [0.15, 0.2) is 18.2 Å². The molecular weight excluding hydrogens is 271 g/mol. The Bertz CT molecular complexity index is 311. The van der Waals surface area contributed by atoms with E-state index < -0.39 is 0 Å². The van der Waals surface area contributed by atoms with E-state index in [1.165, 1.54) is 27.5 Å². The van der Waals surface area contributed by atoms with Crippen LogP contribution in [0.3, 0.4) is 0 Å².